The fourth-order valence-corrected chi connectivity index (χ4v) is 5.43. The zero-order chi connectivity index (χ0) is 32.6. The van der Waals surface area contributed by atoms with Crippen LogP contribution in [0.1, 0.15) is 73.1 Å². The van der Waals surface area contributed by atoms with Crippen molar-refractivity contribution in [3.63, 3.8) is 0 Å². The maximum Gasteiger partial charge on any atom is 0.190 e. The Morgan fingerprint density at radius 2 is 1.82 bits per heavy atom. The molecular weight excluding hydrogens is 540 g/mol. The number of terminal acetylenes is 1. The van der Waals surface area contributed by atoms with E-state index in [0.717, 1.165) is 22.3 Å². The average Bonchev–Trinajstić information content (AvgIpc) is 3.01. The second-order valence-electron chi connectivity index (χ2n) is 10.9. The molecule has 0 saturated heterocycles. The third-order valence-corrected chi connectivity index (χ3v) is 7.83. The summed E-state index contributed by atoms with van der Waals surface area (Å²) < 4.78 is 0. The standard InChI is InChI=1S/C41H40O3/c1-10-17-26(5)34(23-31(18-11-2)19-12-3)29(8)39(42)27(6)22-35-28(7)36-25-33(13-4)41(44)37(38(36)40(43)30(35)9)24-32-20-15-14-16-21-32/h1,11-16,18-22,25,44H,2,4,7-8,17,23-24H2,3,5-6,9H3/b19-12-,27-22+,31-18+,34-26-. The second-order valence-corrected chi connectivity index (χ2v) is 10.9. The zero-order valence-electron chi connectivity index (χ0n) is 26.2. The number of ketones is 2. The van der Waals surface area contributed by atoms with Gasteiger partial charge in [0.05, 0.1) is 0 Å². The van der Waals surface area contributed by atoms with Crippen LogP contribution in [-0.2, 0) is 11.2 Å². The molecule has 1 N–H and O–H groups in total. The normalized spacial score (nSPS) is 14.2. The number of hydrogen-bond donors (Lipinski definition) is 1. The van der Waals surface area contributed by atoms with Crippen LogP contribution < -0.4 is 0 Å². The Morgan fingerprint density at radius 1 is 1.14 bits per heavy atom. The summed E-state index contributed by atoms with van der Waals surface area (Å²) in [4.78, 5) is 27.7. The molecule has 3 heteroatoms. The zero-order valence-corrected chi connectivity index (χ0v) is 26.2. The average molecular weight is 581 g/mol. The van der Waals surface area contributed by atoms with Crippen molar-refractivity contribution in [1.82, 2.24) is 0 Å². The number of phenols is 1. The maximum atomic E-state index is 13.9. The van der Waals surface area contributed by atoms with Crippen LogP contribution in [0.2, 0.25) is 0 Å². The van der Waals surface area contributed by atoms with Crippen LogP contribution in [0.25, 0.3) is 11.6 Å². The predicted molar refractivity (Wildman–Crippen MR) is 185 cm³/mol. The second kappa shape index (κ2) is 14.8. The van der Waals surface area contributed by atoms with Crippen molar-refractivity contribution in [3.8, 4) is 18.1 Å². The number of benzene rings is 2. The van der Waals surface area contributed by atoms with E-state index in [2.05, 4.69) is 32.2 Å². The lowest BCUT2D eigenvalue weighted by Gasteiger charge is -2.25. The molecule has 1 aliphatic rings. The van der Waals surface area contributed by atoms with E-state index in [1.807, 2.05) is 62.4 Å². The Balaban J connectivity index is 2.09. The lowest BCUT2D eigenvalue weighted by atomic mass is 9.77. The lowest BCUT2D eigenvalue weighted by Crippen LogP contribution is -2.17. The van der Waals surface area contributed by atoms with E-state index in [1.54, 1.807) is 38.1 Å². The molecule has 44 heavy (non-hydrogen) atoms. The highest BCUT2D eigenvalue weighted by molar-refractivity contribution is 6.20. The van der Waals surface area contributed by atoms with Gasteiger partial charge in [-0.1, -0.05) is 92.6 Å². The highest BCUT2D eigenvalue weighted by Gasteiger charge is 2.31. The van der Waals surface area contributed by atoms with E-state index in [1.165, 1.54) is 0 Å². The van der Waals surface area contributed by atoms with Crippen LogP contribution in [0.5, 0.6) is 5.75 Å². The van der Waals surface area contributed by atoms with Crippen LogP contribution in [0, 0.1) is 12.3 Å². The summed E-state index contributed by atoms with van der Waals surface area (Å²) in [5.74, 6) is 2.24. The molecule has 0 amide bonds. The summed E-state index contributed by atoms with van der Waals surface area (Å²) in [6.45, 7) is 23.5. The van der Waals surface area contributed by atoms with Crippen LogP contribution >= 0.6 is 0 Å². The minimum Gasteiger partial charge on any atom is -0.507 e. The molecule has 0 heterocycles. The van der Waals surface area contributed by atoms with Gasteiger partial charge in [-0.2, -0.15) is 0 Å². The van der Waals surface area contributed by atoms with E-state index >= 15 is 0 Å². The van der Waals surface area contributed by atoms with Gasteiger partial charge in [-0.3, -0.25) is 9.59 Å². The van der Waals surface area contributed by atoms with Gasteiger partial charge in [0.15, 0.2) is 11.6 Å². The van der Waals surface area contributed by atoms with Crippen LogP contribution in [-0.4, -0.2) is 16.7 Å². The summed E-state index contributed by atoms with van der Waals surface area (Å²) in [5, 5.41) is 11.1. The molecule has 0 atom stereocenters. The summed E-state index contributed by atoms with van der Waals surface area (Å²) >= 11 is 0. The molecule has 1 aliphatic carbocycles. The van der Waals surface area contributed by atoms with Crippen molar-refractivity contribution in [2.24, 2.45) is 0 Å². The van der Waals surface area contributed by atoms with E-state index < -0.39 is 0 Å². The Kier molecular flexibility index (Phi) is 11.2. The highest BCUT2D eigenvalue weighted by Crippen LogP contribution is 2.42. The van der Waals surface area contributed by atoms with Gasteiger partial charge in [-0.05, 0) is 85.3 Å². The van der Waals surface area contributed by atoms with Crippen molar-refractivity contribution < 1.29 is 14.7 Å². The monoisotopic (exact) mass is 580 g/mol. The fraction of sp³-hybridized carbons (Fsp3) is 0.171. The minimum absolute atomic E-state index is 0.0302. The molecule has 0 aliphatic heterocycles. The van der Waals surface area contributed by atoms with Gasteiger partial charge in [-0.25, -0.2) is 0 Å². The van der Waals surface area contributed by atoms with Crippen molar-refractivity contribution >= 4 is 23.2 Å². The first-order valence-electron chi connectivity index (χ1n) is 14.5. The number of fused-ring (bicyclic) bond motifs is 1. The van der Waals surface area contributed by atoms with Gasteiger partial charge in [0.25, 0.3) is 0 Å². The van der Waals surface area contributed by atoms with Gasteiger partial charge >= 0.3 is 0 Å². The number of Topliss-reactive ketones (excluding diaryl/α,β-unsaturated/α-hetero) is 2. The smallest absolute Gasteiger partial charge is 0.190 e. The van der Waals surface area contributed by atoms with Crippen molar-refractivity contribution in [2.75, 3.05) is 0 Å². The Morgan fingerprint density at radius 3 is 2.41 bits per heavy atom. The first-order valence-corrected chi connectivity index (χ1v) is 14.5. The van der Waals surface area contributed by atoms with Crippen LogP contribution in [0.15, 0.2) is 132 Å². The summed E-state index contributed by atoms with van der Waals surface area (Å²) in [6, 6.07) is 11.4. The molecule has 222 valence electrons. The topological polar surface area (TPSA) is 54.4 Å². The van der Waals surface area contributed by atoms with E-state index in [4.69, 9.17) is 6.42 Å². The number of carbonyl (C=O) groups excluding carboxylic acids is 2. The SMILES string of the molecule is C#CC/C(C)=C(/CC(/C=C\C)=C/C=C)C(=C)C(=O)/C(C)=C/C1=C(C)C(=O)c2c(cc(C=C)c(O)c2Cc2ccccc2)C1=C. The maximum absolute atomic E-state index is 13.9. The van der Waals surface area contributed by atoms with Crippen molar-refractivity contribution in [3.05, 3.63) is 160 Å². The van der Waals surface area contributed by atoms with Crippen LogP contribution in [0.3, 0.4) is 0 Å². The van der Waals surface area contributed by atoms with Crippen molar-refractivity contribution in [2.45, 2.75) is 47.0 Å². The Labute approximate surface area is 262 Å². The van der Waals surface area contributed by atoms with E-state index in [-0.39, 0.29) is 17.3 Å². The molecule has 0 unspecified atom stereocenters. The minimum atomic E-state index is -0.247. The number of rotatable bonds is 12. The Hall–Kier alpha value is -5.20. The van der Waals surface area contributed by atoms with Gasteiger partial charge in [0.2, 0.25) is 0 Å². The molecule has 3 nitrogen and oxygen atoms in total. The third kappa shape index (κ3) is 7.05. The molecule has 2 aromatic carbocycles. The van der Waals surface area contributed by atoms with Crippen molar-refractivity contribution in [1.29, 1.82) is 0 Å². The number of carbonyl (C=O) groups is 2. The van der Waals surface area contributed by atoms with Gasteiger partial charge in [0, 0.05) is 40.7 Å². The van der Waals surface area contributed by atoms with E-state index in [9.17, 15) is 14.7 Å². The number of allylic oxidation sites excluding steroid dienone is 13. The first-order chi connectivity index (χ1) is 21.0. The molecule has 0 radical (unpaired) electrons. The quantitative estimate of drug-likeness (QED) is 0.154. The lowest BCUT2D eigenvalue weighted by molar-refractivity contribution is -0.112. The van der Waals surface area contributed by atoms with Crippen LogP contribution in [0.4, 0.5) is 0 Å². The molecule has 0 saturated carbocycles. The molecule has 0 bridgehead atoms. The summed E-state index contributed by atoms with van der Waals surface area (Å²) in [7, 11) is 0. The fourth-order valence-electron chi connectivity index (χ4n) is 5.43. The molecule has 2 aromatic rings. The van der Waals surface area contributed by atoms with Gasteiger partial charge in [-0.15, -0.1) is 12.3 Å². The summed E-state index contributed by atoms with van der Waals surface area (Å²) in [6.07, 6.45) is 17.6. The third-order valence-electron chi connectivity index (χ3n) is 7.83. The molecule has 0 spiro atoms. The molecule has 0 fully saturated rings. The van der Waals surface area contributed by atoms with Gasteiger partial charge in [0.1, 0.15) is 5.75 Å². The highest BCUT2D eigenvalue weighted by atomic mass is 16.3. The predicted octanol–water partition coefficient (Wildman–Crippen LogP) is 9.64. The Bertz CT molecular complexity index is 1760. The summed E-state index contributed by atoms with van der Waals surface area (Å²) in [5.41, 5.74) is 8.05. The molecule has 0 aromatic heterocycles. The largest absolute Gasteiger partial charge is 0.507 e. The first kappa shape index (κ1) is 33.3. The number of hydrogen-bond acceptors (Lipinski definition) is 3. The number of aromatic hydroxyl groups is 1. The molecule has 3 rings (SSSR count). The van der Waals surface area contributed by atoms with E-state index in [0.29, 0.717) is 69.4 Å². The molecular formula is C41H40O3. The van der Waals surface area contributed by atoms with Gasteiger partial charge < -0.3 is 5.11 Å². The number of phenolic OH excluding ortho intramolecular Hbond substituents is 1.